The molecule has 5 nitrogen and oxygen atoms in total. The predicted octanol–water partition coefficient (Wildman–Crippen LogP) is 2.06. The molecule has 0 fully saturated rings. The number of hydrogen-bond donors (Lipinski definition) is 1. The number of nitrogens with one attached hydrogen (secondary N) is 1. The Labute approximate surface area is 141 Å². The number of halogens is 1. The highest BCUT2D eigenvalue weighted by Gasteiger charge is 2.19. The molecule has 1 N–H and O–H groups in total. The maximum Gasteiger partial charge on any atom is 0.240 e. The van der Waals surface area contributed by atoms with Gasteiger partial charge in [0.05, 0.1) is 9.79 Å². The van der Waals surface area contributed by atoms with Gasteiger partial charge >= 0.3 is 0 Å². The molecule has 0 saturated heterocycles. The first-order valence-electron chi connectivity index (χ1n) is 7.15. The average molecular weight is 371 g/mol. The number of aryl methyl sites for hydroxylation is 1. The van der Waals surface area contributed by atoms with Crippen LogP contribution >= 0.6 is 0 Å². The monoisotopic (exact) mass is 371 g/mol. The summed E-state index contributed by atoms with van der Waals surface area (Å²) in [6.07, 6.45) is 1.20. The standard InChI is InChI=1S/C16H18FNO4S2/c1-12-7-8-14(23(2,19)20)11-16(12)24(21,22)18-10-9-13-5-3-4-6-15(13)17/h3-8,11,18H,9-10H2,1-2H3. The van der Waals surface area contributed by atoms with Crippen molar-refractivity contribution in [3.05, 3.63) is 59.4 Å². The topological polar surface area (TPSA) is 80.3 Å². The van der Waals surface area contributed by atoms with Gasteiger partial charge in [0.1, 0.15) is 5.82 Å². The molecule has 0 unspecified atom stereocenters. The number of sulfone groups is 1. The summed E-state index contributed by atoms with van der Waals surface area (Å²) in [7, 11) is -7.41. The van der Waals surface area contributed by atoms with Crippen molar-refractivity contribution in [1.29, 1.82) is 0 Å². The van der Waals surface area contributed by atoms with Gasteiger partial charge in [0, 0.05) is 12.8 Å². The van der Waals surface area contributed by atoms with E-state index in [-0.39, 0.29) is 22.8 Å². The highest BCUT2D eigenvalue weighted by atomic mass is 32.2. The minimum Gasteiger partial charge on any atom is -0.224 e. The van der Waals surface area contributed by atoms with E-state index in [1.165, 1.54) is 18.2 Å². The van der Waals surface area contributed by atoms with Crippen LogP contribution in [0.5, 0.6) is 0 Å². The van der Waals surface area contributed by atoms with Crippen LogP contribution in [-0.4, -0.2) is 29.6 Å². The van der Waals surface area contributed by atoms with Gasteiger partial charge in [-0.2, -0.15) is 0 Å². The van der Waals surface area contributed by atoms with Crippen LogP contribution < -0.4 is 4.72 Å². The van der Waals surface area contributed by atoms with Crippen molar-refractivity contribution >= 4 is 19.9 Å². The van der Waals surface area contributed by atoms with E-state index >= 15 is 0 Å². The Morgan fingerprint density at radius 3 is 2.33 bits per heavy atom. The first-order valence-corrected chi connectivity index (χ1v) is 10.5. The SMILES string of the molecule is Cc1ccc(S(C)(=O)=O)cc1S(=O)(=O)NCCc1ccccc1F. The summed E-state index contributed by atoms with van der Waals surface area (Å²) in [4.78, 5) is -0.165. The van der Waals surface area contributed by atoms with E-state index in [1.54, 1.807) is 25.1 Å². The number of benzene rings is 2. The lowest BCUT2D eigenvalue weighted by Crippen LogP contribution is -2.27. The van der Waals surface area contributed by atoms with E-state index in [4.69, 9.17) is 0 Å². The van der Waals surface area contributed by atoms with Crippen LogP contribution in [0.25, 0.3) is 0 Å². The molecule has 130 valence electrons. The normalized spacial score (nSPS) is 12.3. The van der Waals surface area contributed by atoms with Gasteiger partial charge in [-0.05, 0) is 42.7 Å². The molecular formula is C16H18FNO4S2. The molecule has 0 atom stereocenters. The second kappa shape index (κ2) is 7.00. The fourth-order valence-corrected chi connectivity index (χ4v) is 4.22. The maximum atomic E-state index is 13.5. The van der Waals surface area contributed by atoms with E-state index in [9.17, 15) is 21.2 Å². The van der Waals surface area contributed by atoms with Gasteiger partial charge in [0.15, 0.2) is 9.84 Å². The first kappa shape index (κ1) is 18.6. The lowest BCUT2D eigenvalue weighted by atomic mass is 10.1. The molecule has 0 aliphatic carbocycles. The summed E-state index contributed by atoms with van der Waals surface area (Å²) >= 11 is 0. The van der Waals surface area contributed by atoms with Crippen molar-refractivity contribution in [2.75, 3.05) is 12.8 Å². The zero-order valence-electron chi connectivity index (χ0n) is 13.3. The van der Waals surface area contributed by atoms with Gasteiger partial charge in [-0.25, -0.2) is 25.9 Å². The molecule has 0 radical (unpaired) electrons. The van der Waals surface area contributed by atoms with Gasteiger partial charge in [-0.3, -0.25) is 0 Å². The summed E-state index contributed by atoms with van der Waals surface area (Å²) in [6.45, 7) is 1.59. The Morgan fingerprint density at radius 1 is 1.04 bits per heavy atom. The quantitative estimate of drug-likeness (QED) is 0.843. The van der Waals surface area contributed by atoms with Gasteiger partial charge in [0.2, 0.25) is 10.0 Å². The van der Waals surface area contributed by atoms with E-state index in [0.717, 1.165) is 12.3 Å². The highest BCUT2D eigenvalue weighted by Crippen LogP contribution is 2.20. The second-order valence-electron chi connectivity index (χ2n) is 5.44. The van der Waals surface area contributed by atoms with Crippen LogP contribution in [0.2, 0.25) is 0 Å². The second-order valence-corrected chi connectivity index (χ2v) is 9.19. The molecule has 24 heavy (non-hydrogen) atoms. The lowest BCUT2D eigenvalue weighted by Gasteiger charge is -2.11. The smallest absolute Gasteiger partial charge is 0.224 e. The van der Waals surface area contributed by atoms with Crippen molar-refractivity contribution in [3.8, 4) is 0 Å². The Balaban J connectivity index is 2.20. The summed E-state index contributed by atoms with van der Waals surface area (Å²) in [5.74, 6) is -0.396. The molecular weight excluding hydrogens is 353 g/mol. The third kappa shape index (κ3) is 4.40. The lowest BCUT2D eigenvalue weighted by molar-refractivity contribution is 0.576. The van der Waals surface area contributed by atoms with Crippen molar-refractivity contribution in [2.45, 2.75) is 23.1 Å². The van der Waals surface area contributed by atoms with Gasteiger partial charge in [-0.15, -0.1) is 0 Å². The first-order chi connectivity index (χ1) is 11.1. The molecule has 0 spiro atoms. The van der Waals surface area contributed by atoms with E-state index in [1.807, 2.05) is 0 Å². The van der Waals surface area contributed by atoms with Crippen molar-refractivity contribution < 1.29 is 21.2 Å². The van der Waals surface area contributed by atoms with E-state index < -0.39 is 25.7 Å². The summed E-state index contributed by atoms with van der Waals surface area (Å²) in [5.41, 5.74) is 0.836. The molecule has 0 aromatic heterocycles. The number of rotatable bonds is 6. The molecule has 2 aromatic rings. The zero-order chi connectivity index (χ0) is 18.0. The van der Waals surface area contributed by atoms with Crippen LogP contribution in [-0.2, 0) is 26.3 Å². The molecule has 0 aliphatic rings. The largest absolute Gasteiger partial charge is 0.240 e. The molecule has 2 aromatic carbocycles. The molecule has 0 bridgehead atoms. The Morgan fingerprint density at radius 2 is 1.71 bits per heavy atom. The number of hydrogen-bond acceptors (Lipinski definition) is 4. The minimum absolute atomic E-state index is 0.00576. The molecule has 0 saturated carbocycles. The number of sulfonamides is 1. The molecule has 2 rings (SSSR count). The average Bonchev–Trinajstić information content (AvgIpc) is 2.48. The molecule has 0 heterocycles. The Hall–Kier alpha value is -1.77. The fraction of sp³-hybridized carbons (Fsp3) is 0.250. The van der Waals surface area contributed by atoms with E-state index in [0.29, 0.717) is 11.1 Å². The molecule has 0 aliphatic heterocycles. The highest BCUT2D eigenvalue weighted by molar-refractivity contribution is 7.91. The van der Waals surface area contributed by atoms with Crippen LogP contribution in [0.1, 0.15) is 11.1 Å². The van der Waals surface area contributed by atoms with Crippen LogP contribution in [0, 0.1) is 12.7 Å². The fourth-order valence-electron chi connectivity index (χ4n) is 2.20. The summed E-state index contributed by atoms with van der Waals surface area (Å²) in [6, 6.07) is 10.1. The Bertz CT molecular complexity index is 954. The molecule has 0 amide bonds. The van der Waals surface area contributed by atoms with Crippen molar-refractivity contribution in [3.63, 3.8) is 0 Å². The van der Waals surface area contributed by atoms with Crippen molar-refractivity contribution in [1.82, 2.24) is 4.72 Å². The third-order valence-electron chi connectivity index (χ3n) is 3.52. The van der Waals surface area contributed by atoms with Gasteiger partial charge in [-0.1, -0.05) is 24.3 Å². The van der Waals surface area contributed by atoms with Crippen LogP contribution in [0.15, 0.2) is 52.3 Å². The van der Waals surface area contributed by atoms with Gasteiger partial charge < -0.3 is 0 Å². The molecule has 8 heteroatoms. The van der Waals surface area contributed by atoms with E-state index in [2.05, 4.69) is 4.72 Å². The zero-order valence-corrected chi connectivity index (χ0v) is 14.9. The third-order valence-corrected chi connectivity index (χ3v) is 6.23. The van der Waals surface area contributed by atoms with Gasteiger partial charge in [0.25, 0.3) is 0 Å². The van der Waals surface area contributed by atoms with Crippen molar-refractivity contribution in [2.24, 2.45) is 0 Å². The van der Waals surface area contributed by atoms with Crippen LogP contribution in [0.4, 0.5) is 4.39 Å². The maximum absolute atomic E-state index is 13.5. The summed E-state index contributed by atoms with van der Waals surface area (Å²) < 4.78 is 63.9. The summed E-state index contributed by atoms with van der Waals surface area (Å²) in [5, 5.41) is 0. The van der Waals surface area contributed by atoms with Crippen LogP contribution in [0.3, 0.4) is 0 Å². The predicted molar refractivity (Wildman–Crippen MR) is 89.6 cm³/mol. The minimum atomic E-state index is -3.89. The Kier molecular flexibility index (Phi) is 5.42.